The fourth-order valence-corrected chi connectivity index (χ4v) is 17.7. The predicted molar refractivity (Wildman–Crippen MR) is 213 cm³/mol. The van der Waals surface area contributed by atoms with Crippen LogP contribution in [0.5, 0.6) is 0 Å². The maximum absolute atomic E-state index is 16.0. The highest BCUT2D eigenvalue weighted by atomic mass is 16.3. The highest BCUT2D eigenvalue weighted by Gasteiger charge is 2.79. The third-order valence-electron chi connectivity index (χ3n) is 19.8. The van der Waals surface area contributed by atoms with Crippen LogP contribution < -0.4 is 10.4 Å². The number of aldehydes is 1. The number of aliphatic hydroxyl groups excluding tert-OH is 5. The number of rotatable bonds is 3. The molecule has 7 heteroatoms. The number of benzene rings is 1. The monoisotopic (exact) mass is 762 g/mol. The lowest BCUT2D eigenvalue weighted by molar-refractivity contribution is -0.266. The fourth-order valence-electron chi connectivity index (χ4n) is 17.7. The second-order valence-electron chi connectivity index (χ2n) is 21.4. The summed E-state index contributed by atoms with van der Waals surface area (Å²) in [5, 5.41) is 61.9. The van der Waals surface area contributed by atoms with Crippen molar-refractivity contribution in [1.29, 1.82) is 0 Å². The van der Waals surface area contributed by atoms with E-state index >= 15 is 4.79 Å². The molecule has 11 rings (SSSR count). The molecule has 0 saturated heterocycles. The summed E-state index contributed by atoms with van der Waals surface area (Å²) in [7, 11) is 0. The van der Waals surface area contributed by atoms with Crippen LogP contribution in [-0.2, 0) is 4.79 Å². The molecular weight excluding hydrogens is 701 g/mol. The van der Waals surface area contributed by atoms with Gasteiger partial charge in [0.2, 0.25) is 0 Å². The first-order chi connectivity index (χ1) is 26.7. The largest absolute Gasteiger partial charge is 0.394 e. The molecule has 0 aliphatic heterocycles. The minimum Gasteiger partial charge on any atom is -0.394 e. The van der Waals surface area contributed by atoms with Crippen LogP contribution in [0.1, 0.15) is 127 Å². The van der Waals surface area contributed by atoms with Gasteiger partial charge in [0, 0.05) is 28.7 Å². The summed E-state index contributed by atoms with van der Waals surface area (Å²) in [6.07, 6.45) is 15.9. The SMILES string of the molecule is C[C@@]12CCC#C[C@H](O)[C@]3([C@H](C1)C1=CC(=O)[C@H]4[C@]56CC[C@H](O)[C@@](C)([C@H](O)CO)[C@H]5CC[C@@]4(CC[C@H]4C=c5c(C=O)cccc5=C[C@H]46)[C@]1(C)C[C@@H]3O)C1(CCCC1)C2. The number of hydrogen-bond donors (Lipinski definition) is 5. The molecule has 15 atom stereocenters. The molecule has 300 valence electrons. The van der Waals surface area contributed by atoms with Crippen molar-refractivity contribution in [3.8, 4) is 11.8 Å². The molecule has 0 unspecified atom stereocenters. The van der Waals surface area contributed by atoms with Crippen LogP contribution in [0.3, 0.4) is 0 Å². The zero-order chi connectivity index (χ0) is 39.3. The van der Waals surface area contributed by atoms with Gasteiger partial charge in [-0.05, 0) is 144 Å². The number of carbonyl (C=O) groups excluding carboxylic acids is 2. The van der Waals surface area contributed by atoms with E-state index in [1.54, 1.807) is 0 Å². The number of fused-ring (bicyclic) bond motifs is 6. The third kappa shape index (κ3) is 4.29. The van der Waals surface area contributed by atoms with E-state index in [9.17, 15) is 30.3 Å². The summed E-state index contributed by atoms with van der Waals surface area (Å²) in [4.78, 5) is 28.4. The van der Waals surface area contributed by atoms with E-state index in [2.05, 4.69) is 43.9 Å². The maximum Gasteiger partial charge on any atom is 0.159 e. The molecule has 4 bridgehead atoms. The fraction of sp³-hybridized carbons (Fsp3) is 0.714. The van der Waals surface area contributed by atoms with Gasteiger partial charge in [0.1, 0.15) is 6.10 Å². The molecule has 1 aromatic rings. The van der Waals surface area contributed by atoms with Gasteiger partial charge >= 0.3 is 0 Å². The molecule has 10 aliphatic rings. The van der Waals surface area contributed by atoms with Gasteiger partial charge < -0.3 is 25.5 Å². The Kier molecular flexibility index (Phi) is 8.22. The van der Waals surface area contributed by atoms with Gasteiger partial charge in [-0.1, -0.05) is 75.5 Å². The van der Waals surface area contributed by atoms with Gasteiger partial charge in [-0.25, -0.2) is 0 Å². The molecule has 56 heavy (non-hydrogen) atoms. The standard InChI is InChI=1S/C49H62O7/c1-43-15-5-4-11-39(54)49(46(28-43)16-6-7-17-46)35(24-43)34-23-36(52)42-47(44(34,2)25-40(49)55)18-12-30-21-32-29(9-8-10-31(32)26-50)22-33(30)48(42)20-14-38(53)45(3,41(56)27-51)37(48)13-19-47/h8-10,21-23,26,30,33,35,37-42,51,53-56H,5-7,12-20,24-25,27-28H2,1-3H3/t30-,33+,35+,37+,38-,39-,40-,41+,42+,43+,44+,45-,47+,48-,49-/m0/s1. The van der Waals surface area contributed by atoms with Crippen molar-refractivity contribution in [2.24, 2.45) is 67.5 Å². The van der Waals surface area contributed by atoms with Crippen LogP contribution >= 0.6 is 0 Å². The van der Waals surface area contributed by atoms with Gasteiger partial charge in [0.25, 0.3) is 0 Å². The lowest BCUT2D eigenvalue weighted by Gasteiger charge is -2.75. The molecule has 0 amide bonds. The van der Waals surface area contributed by atoms with Crippen molar-refractivity contribution < 1.29 is 35.1 Å². The lowest BCUT2D eigenvalue weighted by atomic mass is 9.29. The average Bonchev–Trinajstić information content (AvgIpc) is 3.64. The zero-order valence-electron chi connectivity index (χ0n) is 33.6. The van der Waals surface area contributed by atoms with Crippen molar-refractivity contribution in [3.63, 3.8) is 0 Å². The average molecular weight is 763 g/mol. The number of carbonyl (C=O) groups is 2. The number of ketones is 1. The van der Waals surface area contributed by atoms with E-state index in [-0.39, 0.29) is 40.3 Å². The van der Waals surface area contributed by atoms with Crippen molar-refractivity contribution in [2.45, 2.75) is 141 Å². The summed E-state index contributed by atoms with van der Waals surface area (Å²) in [6, 6.07) is 5.87. The summed E-state index contributed by atoms with van der Waals surface area (Å²) in [6.45, 7) is 6.26. The lowest BCUT2D eigenvalue weighted by Crippen LogP contribution is -2.74. The molecule has 10 aliphatic carbocycles. The quantitative estimate of drug-likeness (QED) is 0.216. The van der Waals surface area contributed by atoms with Crippen LogP contribution in [0.2, 0.25) is 0 Å². The Hall–Kier alpha value is -2.60. The van der Waals surface area contributed by atoms with Crippen LogP contribution in [0.25, 0.3) is 12.2 Å². The van der Waals surface area contributed by atoms with Crippen LogP contribution in [0.4, 0.5) is 0 Å². The van der Waals surface area contributed by atoms with Crippen LogP contribution in [-0.4, -0.2) is 68.6 Å². The van der Waals surface area contributed by atoms with E-state index in [0.717, 1.165) is 86.5 Å². The second kappa shape index (κ2) is 12.2. The minimum absolute atomic E-state index is 0.0239. The van der Waals surface area contributed by atoms with E-state index in [1.807, 2.05) is 25.1 Å². The topological polar surface area (TPSA) is 135 Å². The zero-order valence-corrected chi connectivity index (χ0v) is 33.6. The molecule has 5 N–H and O–H groups in total. The molecule has 6 saturated carbocycles. The maximum atomic E-state index is 16.0. The van der Waals surface area contributed by atoms with Gasteiger partial charge in [-0.2, -0.15) is 0 Å². The van der Waals surface area contributed by atoms with Crippen LogP contribution in [0, 0.1) is 79.3 Å². The van der Waals surface area contributed by atoms with E-state index in [1.165, 1.54) is 0 Å². The number of hydrogen-bond acceptors (Lipinski definition) is 7. The Balaban J connectivity index is 1.23. The molecule has 3 spiro atoms. The van der Waals surface area contributed by atoms with Crippen molar-refractivity contribution in [3.05, 3.63) is 45.8 Å². The first-order valence-electron chi connectivity index (χ1n) is 22.1. The Bertz CT molecular complexity index is 2080. The molecule has 0 aromatic heterocycles. The third-order valence-corrected chi connectivity index (χ3v) is 19.8. The first-order valence-corrected chi connectivity index (χ1v) is 22.1. The van der Waals surface area contributed by atoms with Crippen molar-refractivity contribution in [1.82, 2.24) is 0 Å². The normalized spacial score (nSPS) is 49.8. The van der Waals surface area contributed by atoms with Crippen molar-refractivity contribution >= 4 is 24.2 Å². The van der Waals surface area contributed by atoms with Gasteiger partial charge in [-0.15, -0.1) is 5.92 Å². The Morgan fingerprint density at radius 3 is 2.45 bits per heavy atom. The van der Waals surface area contributed by atoms with Crippen molar-refractivity contribution in [2.75, 3.05) is 6.61 Å². The minimum atomic E-state index is -1.16. The summed E-state index contributed by atoms with van der Waals surface area (Å²) in [5.41, 5.74) is -2.09. The number of aliphatic hydroxyl groups is 5. The highest BCUT2D eigenvalue weighted by Crippen LogP contribution is 2.82. The Labute approximate surface area is 331 Å². The van der Waals surface area contributed by atoms with Gasteiger partial charge in [0.15, 0.2) is 12.1 Å². The van der Waals surface area contributed by atoms with Crippen LogP contribution in [0.15, 0.2) is 29.8 Å². The molecular formula is C49H62O7. The summed E-state index contributed by atoms with van der Waals surface area (Å²) in [5.74, 6) is 5.87. The predicted octanol–water partition coefficient (Wildman–Crippen LogP) is 5.01. The molecule has 1 aromatic carbocycles. The summed E-state index contributed by atoms with van der Waals surface area (Å²) >= 11 is 0. The first kappa shape index (κ1) is 37.7. The molecule has 6 fully saturated rings. The van der Waals surface area contributed by atoms with E-state index < -0.39 is 64.0 Å². The van der Waals surface area contributed by atoms with E-state index in [0.29, 0.717) is 37.7 Å². The van der Waals surface area contributed by atoms with Gasteiger partial charge in [-0.3, -0.25) is 9.59 Å². The molecule has 0 radical (unpaired) electrons. The Morgan fingerprint density at radius 1 is 0.929 bits per heavy atom. The molecule has 0 heterocycles. The highest BCUT2D eigenvalue weighted by molar-refractivity contribution is 5.96. The molecule has 7 nitrogen and oxygen atoms in total. The summed E-state index contributed by atoms with van der Waals surface area (Å²) < 4.78 is 0. The second-order valence-corrected chi connectivity index (χ2v) is 21.4. The van der Waals surface area contributed by atoms with Gasteiger partial charge in [0.05, 0.1) is 24.9 Å². The Morgan fingerprint density at radius 2 is 1.70 bits per heavy atom. The van der Waals surface area contributed by atoms with E-state index in [4.69, 9.17) is 0 Å². The smallest absolute Gasteiger partial charge is 0.159 e. The number of allylic oxidation sites excluding steroid dienone is 2.